The van der Waals surface area contributed by atoms with Crippen molar-refractivity contribution in [1.29, 1.82) is 0 Å². The summed E-state index contributed by atoms with van der Waals surface area (Å²) in [6, 6.07) is 19.2. The molecule has 0 aliphatic carbocycles. The van der Waals surface area contributed by atoms with Gasteiger partial charge in [-0.3, -0.25) is 4.79 Å². The minimum Gasteiger partial charge on any atom is -0.311 e. The number of hydrogen-bond acceptors (Lipinski definition) is 1. The van der Waals surface area contributed by atoms with Crippen molar-refractivity contribution in [2.75, 3.05) is 0 Å². The van der Waals surface area contributed by atoms with Crippen LogP contribution in [0.15, 0.2) is 85.6 Å². The molecule has 2 aromatic carbocycles. The van der Waals surface area contributed by atoms with Crippen molar-refractivity contribution in [2.45, 2.75) is 6.54 Å². The minimum atomic E-state index is -0.0208. The van der Waals surface area contributed by atoms with Crippen LogP contribution in [0.3, 0.4) is 0 Å². The first-order chi connectivity index (χ1) is 9.81. The van der Waals surface area contributed by atoms with Gasteiger partial charge in [-0.15, -0.1) is 0 Å². The van der Waals surface area contributed by atoms with Crippen LogP contribution in [0.2, 0.25) is 0 Å². The number of allylic oxidation sites excluding steroid dienone is 2. The Balaban J connectivity index is 2.21. The van der Waals surface area contributed by atoms with Crippen LogP contribution in [-0.4, -0.2) is 10.8 Å². The van der Waals surface area contributed by atoms with Crippen molar-refractivity contribution >= 4 is 5.91 Å². The summed E-state index contributed by atoms with van der Waals surface area (Å²) >= 11 is 0. The largest absolute Gasteiger partial charge is 0.311 e. The summed E-state index contributed by atoms with van der Waals surface area (Å²) in [5.74, 6) is -0.0208. The molecule has 2 rings (SSSR count). The first-order valence-corrected chi connectivity index (χ1v) is 6.50. The van der Waals surface area contributed by atoms with E-state index in [1.165, 1.54) is 0 Å². The average molecular weight is 263 g/mol. The molecule has 0 bridgehead atoms. The summed E-state index contributed by atoms with van der Waals surface area (Å²) in [6.07, 6.45) is 5.19. The molecule has 0 unspecified atom stereocenters. The molecule has 0 radical (unpaired) electrons. The molecule has 0 spiro atoms. The van der Waals surface area contributed by atoms with Crippen LogP contribution in [0.5, 0.6) is 0 Å². The Morgan fingerprint density at radius 3 is 2.20 bits per heavy atom. The SMILES string of the molecule is C=C/C=C/N(Cc1ccccc1)C(=O)c1ccccc1. The maximum atomic E-state index is 12.5. The summed E-state index contributed by atoms with van der Waals surface area (Å²) in [4.78, 5) is 14.2. The van der Waals surface area contributed by atoms with Gasteiger partial charge in [0.15, 0.2) is 0 Å². The number of amides is 1. The second-order valence-electron chi connectivity index (χ2n) is 4.36. The Hall–Kier alpha value is -2.61. The van der Waals surface area contributed by atoms with E-state index in [9.17, 15) is 4.79 Å². The highest BCUT2D eigenvalue weighted by Crippen LogP contribution is 2.10. The van der Waals surface area contributed by atoms with E-state index in [1.807, 2.05) is 60.7 Å². The lowest BCUT2D eigenvalue weighted by Crippen LogP contribution is -2.25. The van der Waals surface area contributed by atoms with Crippen LogP contribution in [0.4, 0.5) is 0 Å². The van der Waals surface area contributed by atoms with E-state index in [2.05, 4.69) is 6.58 Å². The predicted molar refractivity (Wildman–Crippen MR) is 82.1 cm³/mol. The van der Waals surface area contributed by atoms with Gasteiger partial charge in [0, 0.05) is 11.8 Å². The number of hydrogen-bond donors (Lipinski definition) is 0. The molecule has 0 saturated carbocycles. The molecule has 0 aliphatic rings. The van der Waals surface area contributed by atoms with Crippen molar-refractivity contribution in [1.82, 2.24) is 4.90 Å². The van der Waals surface area contributed by atoms with Crippen molar-refractivity contribution in [3.05, 3.63) is 96.7 Å². The molecule has 0 aliphatic heterocycles. The Kier molecular flexibility index (Phi) is 4.90. The summed E-state index contributed by atoms with van der Waals surface area (Å²) in [7, 11) is 0. The van der Waals surface area contributed by atoms with Gasteiger partial charge in [-0.1, -0.05) is 61.2 Å². The van der Waals surface area contributed by atoms with E-state index < -0.39 is 0 Å². The molecule has 1 amide bonds. The van der Waals surface area contributed by atoms with E-state index in [0.29, 0.717) is 12.1 Å². The van der Waals surface area contributed by atoms with Gasteiger partial charge >= 0.3 is 0 Å². The molecule has 2 nitrogen and oxygen atoms in total. The van der Waals surface area contributed by atoms with Crippen LogP contribution in [0, 0.1) is 0 Å². The van der Waals surface area contributed by atoms with Gasteiger partial charge in [0.05, 0.1) is 6.54 Å². The first kappa shape index (κ1) is 13.8. The van der Waals surface area contributed by atoms with Crippen LogP contribution >= 0.6 is 0 Å². The predicted octanol–water partition coefficient (Wildman–Crippen LogP) is 4.03. The smallest absolute Gasteiger partial charge is 0.258 e. The van der Waals surface area contributed by atoms with Crippen molar-refractivity contribution < 1.29 is 4.79 Å². The molecule has 20 heavy (non-hydrogen) atoms. The lowest BCUT2D eigenvalue weighted by molar-refractivity contribution is 0.0813. The third-order valence-electron chi connectivity index (χ3n) is 2.88. The summed E-state index contributed by atoms with van der Waals surface area (Å²) < 4.78 is 0. The molecule has 0 heterocycles. The fourth-order valence-corrected chi connectivity index (χ4v) is 1.88. The highest BCUT2D eigenvalue weighted by atomic mass is 16.2. The van der Waals surface area contributed by atoms with Crippen molar-refractivity contribution in [3.63, 3.8) is 0 Å². The first-order valence-electron chi connectivity index (χ1n) is 6.50. The third kappa shape index (κ3) is 3.69. The fraction of sp³-hybridized carbons (Fsp3) is 0.0556. The van der Waals surface area contributed by atoms with Crippen LogP contribution in [0.25, 0.3) is 0 Å². The number of carbonyl (C=O) groups excluding carboxylic acids is 1. The third-order valence-corrected chi connectivity index (χ3v) is 2.88. The number of nitrogens with zero attached hydrogens (tertiary/aromatic N) is 1. The number of benzene rings is 2. The van der Waals surface area contributed by atoms with E-state index in [0.717, 1.165) is 5.56 Å². The van der Waals surface area contributed by atoms with E-state index >= 15 is 0 Å². The maximum Gasteiger partial charge on any atom is 0.258 e. The molecule has 2 heteroatoms. The van der Waals surface area contributed by atoms with Crippen molar-refractivity contribution in [3.8, 4) is 0 Å². The standard InChI is InChI=1S/C18H17NO/c1-2-3-14-19(15-16-10-6-4-7-11-16)18(20)17-12-8-5-9-13-17/h2-14H,1,15H2/b14-3+. The Labute approximate surface area is 119 Å². The van der Waals surface area contributed by atoms with Crippen LogP contribution in [-0.2, 0) is 6.54 Å². The molecule has 0 saturated heterocycles. The zero-order valence-electron chi connectivity index (χ0n) is 11.3. The van der Waals surface area contributed by atoms with E-state index in [1.54, 1.807) is 23.3 Å². The van der Waals surface area contributed by atoms with Crippen LogP contribution < -0.4 is 0 Å². The summed E-state index contributed by atoms with van der Waals surface area (Å²) in [5.41, 5.74) is 1.77. The molecule has 2 aromatic rings. The molecule has 100 valence electrons. The second-order valence-corrected chi connectivity index (χ2v) is 4.36. The Morgan fingerprint density at radius 2 is 1.60 bits per heavy atom. The van der Waals surface area contributed by atoms with E-state index in [4.69, 9.17) is 0 Å². The summed E-state index contributed by atoms with van der Waals surface area (Å²) in [6.45, 7) is 4.19. The topological polar surface area (TPSA) is 20.3 Å². The van der Waals surface area contributed by atoms with Gasteiger partial charge < -0.3 is 4.90 Å². The molecule has 0 fully saturated rings. The molecule has 0 N–H and O–H groups in total. The van der Waals surface area contributed by atoms with E-state index in [-0.39, 0.29) is 5.91 Å². The lowest BCUT2D eigenvalue weighted by atomic mass is 10.1. The Morgan fingerprint density at radius 1 is 1.00 bits per heavy atom. The maximum absolute atomic E-state index is 12.5. The molecule has 0 atom stereocenters. The second kappa shape index (κ2) is 7.10. The zero-order valence-corrected chi connectivity index (χ0v) is 11.3. The highest BCUT2D eigenvalue weighted by Gasteiger charge is 2.13. The highest BCUT2D eigenvalue weighted by molar-refractivity contribution is 5.94. The fourth-order valence-electron chi connectivity index (χ4n) is 1.88. The Bertz CT molecular complexity index is 587. The van der Waals surface area contributed by atoms with Gasteiger partial charge in [-0.2, -0.15) is 0 Å². The normalized spacial score (nSPS) is 10.4. The number of carbonyl (C=O) groups is 1. The minimum absolute atomic E-state index is 0.0208. The average Bonchev–Trinajstić information content (AvgIpc) is 2.52. The zero-order chi connectivity index (χ0) is 14.2. The molecular weight excluding hydrogens is 246 g/mol. The number of rotatable bonds is 5. The quantitative estimate of drug-likeness (QED) is 0.746. The molecule has 0 aromatic heterocycles. The van der Waals surface area contributed by atoms with Gasteiger partial charge in [0.25, 0.3) is 5.91 Å². The van der Waals surface area contributed by atoms with Gasteiger partial charge in [-0.05, 0) is 23.8 Å². The summed E-state index contributed by atoms with van der Waals surface area (Å²) in [5, 5.41) is 0. The lowest BCUT2D eigenvalue weighted by Gasteiger charge is -2.18. The van der Waals surface area contributed by atoms with Crippen molar-refractivity contribution in [2.24, 2.45) is 0 Å². The van der Waals surface area contributed by atoms with Gasteiger partial charge in [0.1, 0.15) is 0 Å². The van der Waals surface area contributed by atoms with Gasteiger partial charge in [0.2, 0.25) is 0 Å². The monoisotopic (exact) mass is 263 g/mol. The molecular formula is C18H17NO. The van der Waals surface area contributed by atoms with Gasteiger partial charge in [-0.25, -0.2) is 0 Å². The van der Waals surface area contributed by atoms with Crippen LogP contribution in [0.1, 0.15) is 15.9 Å².